The monoisotopic (exact) mass is 686 g/mol. The average Bonchev–Trinajstić information content (AvgIpc) is 3.76. The Labute approximate surface area is 313 Å². The van der Waals surface area contributed by atoms with Crippen LogP contribution in [0.4, 0.5) is 0 Å². The van der Waals surface area contributed by atoms with Gasteiger partial charge >= 0.3 is 0 Å². The summed E-state index contributed by atoms with van der Waals surface area (Å²) in [5, 5.41) is 7.47. The summed E-state index contributed by atoms with van der Waals surface area (Å²) in [6.07, 6.45) is 0. The van der Waals surface area contributed by atoms with Gasteiger partial charge in [-0.3, -0.25) is 0 Å². The van der Waals surface area contributed by atoms with E-state index in [-0.39, 0.29) is 0 Å². The minimum Gasteiger partial charge on any atom is -0.309 e. The molecule has 0 amide bonds. The lowest BCUT2D eigenvalue weighted by molar-refractivity contribution is 1.17. The molecule has 252 valence electrons. The molecule has 0 spiro atoms. The highest BCUT2D eigenvalue weighted by molar-refractivity contribution is 6.21. The van der Waals surface area contributed by atoms with Gasteiger partial charge in [-0.1, -0.05) is 158 Å². The normalized spacial score (nSPS) is 11.7. The predicted molar refractivity (Wildman–Crippen MR) is 229 cm³/mol. The summed E-state index contributed by atoms with van der Waals surface area (Å²) in [6, 6.07) is 75.2. The van der Waals surface area contributed by atoms with Crippen LogP contribution in [0.15, 0.2) is 206 Å². The Balaban J connectivity index is 1.16. The van der Waals surface area contributed by atoms with Crippen molar-refractivity contribution in [3.63, 3.8) is 0 Å². The van der Waals surface area contributed by atoms with E-state index in [1.54, 1.807) is 0 Å². The van der Waals surface area contributed by atoms with Crippen molar-refractivity contribution in [2.24, 2.45) is 0 Å². The van der Waals surface area contributed by atoms with Crippen LogP contribution in [0.3, 0.4) is 0 Å². The maximum absolute atomic E-state index is 2.50. The largest absolute Gasteiger partial charge is 0.309 e. The van der Waals surface area contributed by atoms with Crippen LogP contribution in [0.2, 0.25) is 0 Å². The van der Waals surface area contributed by atoms with Gasteiger partial charge in [0.15, 0.2) is 0 Å². The molecule has 0 aliphatic heterocycles. The fraction of sp³-hybridized carbons (Fsp3) is 0. The van der Waals surface area contributed by atoms with E-state index >= 15 is 0 Å². The zero-order chi connectivity index (χ0) is 35.6. The Morgan fingerprint density at radius 2 is 0.722 bits per heavy atom. The maximum Gasteiger partial charge on any atom is 0.0625 e. The summed E-state index contributed by atoms with van der Waals surface area (Å²) in [5.74, 6) is 0. The van der Waals surface area contributed by atoms with Crippen molar-refractivity contribution in [1.29, 1.82) is 0 Å². The molecule has 2 heterocycles. The molecule has 0 radical (unpaired) electrons. The van der Waals surface area contributed by atoms with Crippen LogP contribution in [-0.2, 0) is 0 Å². The van der Waals surface area contributed by atoms with Crippen molar-refractivity contribution in [2.75, 3.05) is 0 Å². The zero-order valence-electron chi connectivity index (χ0n) is 29.5. The number of para-hydroxylation sites is 2. The van der Waals surface area contributed by atoms with Gasteiger partial charge in [0.05, 0.1) is 22.1 Å². The molecule has 2 nitrogen and oxygen atoms in total. The van der Waals surface area contributed by atoms with Gasteiger partial charge in [-0.2, -0.15) is 0 Å². The maximum atomic E-state index is 2.50. The van der Waals surface area contributed by atoms with E-state index in [2.05, 4.69) is 215 Å². The van der Waals surface area contributed by atoms with Gasteiger partial charge in [0.2, 0.25) is 0 Å². The van der Waals surface area contributed by atoms with E-state index in [1.165, 1.54) is 87.8 Å². The van der Waals surface area contributed by atoms with Crippen molar-refractivity contribution in [3.05, 3.63) is 206 Å². The van der Waals surface area contributed by atoms with E-state index in [0.717, 1.165) is 11.4 Å². The lowest BCUT2D eigenvalue weighted by Crippen LogP contribution is -1.97. The van der Waals surface area contributed by atoms with Gasteiger partial charge in [-0.15, -0.1) is 0 Å². The quantitative estimate of drug-likeness (QED) is 0.171. The van der Waals surface area contributed by atoms with Gasteiger partial charge in [0.1, 0.15) is 0 Å². The standard InChI is InChI=1S/C52H34N2/c1-3-13-35(14-4-1)37-23-25-39(26-24-37)51-43-18-8-7-17-40(43)33-47-45-20-10-12-22-49(45)54(52(47)51)42-31-32-50-46(34-42)44-19-9-11-21-48(44)53(50)41-29-27-38(28-30-41)36-15-5-2-6-16-36/h1-34H. The molecular weight excluding hydrogens is 653 g/mol. The molecule has 0 aliphatic carbocycles. The molecule has 2 aromatic heterocycles. The van der Waals surface area contributed by atoms with Gasteiger partial charge in [0, 0.05) is 38.5 Å². The zero-order valence-corrected chi connectivity index (χ0v) is 29.5. The number of hydrogen-bond acceptors (Lipinski definition) is 0. The lowest BCUT2D eigenvalue weighted by Gasteiger charge is -2.15. The van der Waals surface area contributed by atoms with Crippen molar-refractivity contribution < 1.29 is 0 Å². The van der Waals surface area contributed by atoms with E-state index in [9.17, 15) is 0 Å². The number of rotatable bonds is 5. The van der Waals surface area contributed by atoms with Crippen molar-refractivity contribution in [2.45, 2.75) is 0 Å². The van der Waals surface area contributed by atoms with Crippen LogP contribution in [0.1, 0.15) is 0 Å². The first-order valence-corrected chi connectivity index (χ1v) is 18.6. The first-order valence-electron chi connectivity index (χ1n) is 18.6. The lowest BCUT2D eigenvalue weighted by atomic mass is 9.93. The summed E-state index contributed by atoms with van der Waals surface area (Å²) in [5.41, 5.74) is 14.4. The number of nitrogens with zero attached hydrogens (tertiary/aromatic N) is 2. The highest BCUT2D eigenvalue weighted by Crippen LogP contribution is 2.44. The predicted octanol–water partition coefficient (Wildman–Crippen LogP) is 14.0. The van der Waals surface area contributed by atoms with E-state index in [0.29, 0.717) is 0 Å². The second-order valence-corrected chi connectivity index (χ2v) is 14.1. The third kappa shape index (κ3) is 4.74. The fourth-order valence-electron chi connectivity index (χ4n) is 8.62. The van der Waals surface area contributed by atoms with Crippen molar-refractivity contribution >= 4 is 54.4 Å². The van der Waals surface area contributed by atoms with Crippen LogP contribution in [0, 0.1) is 0 Å². The molecule has 0 unspecified atom stereocenters. The SMILES string of the molecule is c1ccc(-c2ccc(-c3c4ccccc4cc4c5ccccc5n(-c5ccc6c(c5)c5ccccc5n6-c5ccc(-c6ccccc6)cc5)c34)cc2)cc1. The molecule has 0 N–H and O–H groups in total. The summed E-state index contributed by atoms with van der Waals surface area (Å²) in [7, 11) is 0. The third-order valence-electron chi connectivity index (χ3n) is 11.1. The Morgan fingerprint density at radius 1 is 0.259 bits per heavy atom. The molecule has 0 bridgehead atoms. The molecule has 0 aliphatic rings. The molecule has 0 fully saturated rings. The Morgan fingerprint density at radius 3 is 1.39 bits per heavy atom. The number of benzene rings is 9. The van der Waals surface area contributed by atoms with Crippen molar-refractivity contribution in [1.82, 2.24) is 9.13 Å². The molecular formula is C52H34N2. The van der Waals surface area contributed by atoms with E-state index in [1.807, 2.05) is 0 Å². The molecule has 54 heavy (non-hydrogen) atoms. The smallest absolute Gasteiger partial charge is 0.0625 e. The molecule has 2 heteroatoms. The highest BCUT2D eigenvalue weighted by Gasteiger charge is 2.21. The van der Waals surface area contributed by atoms with Crippen LogP contribution in [0.25, 0.3) is 99.1 Å². The second-order valence-electron chi connectivity index (χ2n) is 14.1. The van der Waals surface area contributed by atoms with Gasteiger partial charge in [-0.25, -0.2) is 0 Å². The summed E-state index contributed by atoms with van der Waals surface area (Å²) < 4.78 is 4.90. The molecule has 9 aromatic carbocycles. The Hall–Kier alpha value is -7.16. The van der Waals surface area contributed by atoms with Crippen LogP contribution in [0.5, 0.6) is 0 Å². The van der Waals surface area contributed by atoms with Gasteiger partial charge in [-0.05, 0) is 87.1 Å². The third-order valence-corrected chi connectivity index (χ3v) is 11.1. The van der Waals surface area contributed by atoms with E-state index < -0.39 is 0 Å². The first-order chi connectivity index (χ1) is 26.8. The van der Waals surface area contributed by atoms with Crippen LogP contribution >= 0.6 is 0 Å². The molecule has 11 rings (SSSR count). The average molecular weight is 687 g/mol. The van der Waals surface area contributed by atoms with Crippen LogP contribution in [-0.4, -0.2) is 9.13 Å². The number of fused-ring (bicyclic) bond motifs is 7. The molecule has 11 aromatic rings. The molecule has 0 saturated carbocycles. The van der Waals surface area contributed by atoms with E-state index in [4.69, 9.17) is 0 Å². The number of aromatic nitrogens is 2. The van der Waals surface area contributed by atoms with Gasteiger partial charge in [0.25, 0.3) is 0 Å². The fourth-order valence-corrected chi connectivity index (χ4v) is 8.62. The topological polar surface area (TPSA) is 9.86 Å². The van der Waals surface area contributed by atoms with Crippen LogP contribution < -0.4 is 0 Å². The summed E-state index contributed by atoms with van der Waals surface area (Å²) in [6.45, 7) is 0. The van der Waals surface area contributed by atoms with Gasteiger partial charge < -0.3 is 9.13 Å². The molecule has 0 saturated heterocycles. The Bertz CT molecular complexity index is 3170. The molecule has 0 atom stereocenters. The first kappa shape index (κ1) is 30.5. The minimum atomic E-state index is 1.15. The highest BCUT2D eigenvalue weighted by atomic mass is 15.0. The second kappa shape index (κ2) is 12.2. The minimum absolute atomic E-state index is 1.15. The Kier molecular flexibility index (Phi) is 6.90. The number of hydrogen-bond donors (Lipinski definition) is 0. The summed E-state index contributed by atoms with van der Waals surface area (Å²) >= 11 is 0. The summed E-state index contributed by atoms with van der Waals surface area (Å²) in [4.78, 5) is 0. The van der Waals surface area contributed by atoms with Crippen molar-refractivity contribution in [3.8, 4) is 44.8 Å².